The first-order valence-electron chi connectivity index (χ1n) is 10.8. The first-order chi connectivity index (χ1) is 15.8. The third-order valence-corrected chi connectivity index (χ3v) is 6.93. The van der Waals surface area contributed by atoms with Crippen molar-refractivity contribution in [3.05, 3.63) is 88.4 Å². The molecule has 0 saturated carbocycles. The number of ether oxygens (including phenoxy) is 1. The van der Waals surface area contributed by atoms with Gasteiger partial charge in [-0.2, -0.15) is 0 Å². The lowest BCUT2D eigenvalue weighted by Crippen LogP contribution is -2.72. The van der Waals surface area contributed by atoms with Gasteiger partial charge in [0.05, 0.1) is 6.04 Å². The number of thiocarbonyl (C=S) groups is 1. The van der Waals surface area contributed by atoms with E-state index in [0.29, 0.717) is 15.9 Å². The summed E-state index contributed by atoms with van der Waals surface area (Å²) >= 11 is 12.1. The number of fused-ring (bicyclic) bond motifs is 4. The number of hydrogen-bond acceptors (Lipinski definition) is 3. The number of aryl methyl sites for hydroxylation is 2. The number of benzene rings is 3. The van der Waals surface area contributed by atoms with Crippen LogP contribution in [0.4, 0.5) is 11.4 Å². The zero-order valence-electron chi connectivity index (χ0n) is 18.6. The molecule has 0 radical (unpaired) electrons. The lowest BCUT2D eigenvalue weighted by Gasteiger charge is -2.56. The summed E-state index contributed by atoms with van der Waals surface area (Å²) in [6.07, 6.45) is 0. The molecule has 1 fully saturated rings. The number of halogens is 1. The summed E-state index contributed by atoms with van der Waals surface area (Å²) < 4.78 is 6.58. The van der Waals surface area contributed by atoms with Crippen LogP contribution in [-0.4, -0.2) is 16.7 Å². The molecule has 0 unspecified atom stereocenters. The predicted molar refractivity (Wildman–Crippen MR) is 136 cm³/mol. The zero-order valence-corrected chi connectivity index (χ0v) is 20.1. The van der Waals surface area contributed by atoms with Crippen LogP contribution in [-0.2, 0) is 4.79 Å². The maximum atomic E-state index is 13.9. The molecule has 7 heteroatoms. The van der Waals surface area contributed by atoms with Crippen molar-refractivity contribution in [1.82, 2.24) is 5.32 Å². The Morgan fingerprint density at radius 3 is 2.61 bits per heavy atom. The number of rotatable bonds is 3. The highest BCUT2D eigenvalue weighted by Gasteiger charge is 2.59. The van der Waals surface area contributed by atoms with E-state index in [4.69, 9.17) is 28.6 Å². The summed E-state index contributed by atoms with van der Waals surface area (Å²) in [7, 11) is 0. The molecule has 3 aromatic rings. The van der Waals surface area contributed by atoms with Gasteiger partial charge in [-0.3, -0.25) is 9.69 Å². The van der Waals surface area contributed by atoms with E-state index in [9.17, 15) is 4.79 Å². The summed E-state index contributed by atoms with van der Waals surface area (Å²) in [5, 5.41) is 7.61. The van der Waals surface area contributed by atoms with Crippen LogP contribution in [0.2, 0.25) is 5.02 Å². The maximum absolute atomic E-state index is 13.9. The molecule has 3 atom stereocenters. The summed E-state index contributed by atoms with van der Waals surface area (Å²) in [6.45, 7) is 5.94. The highest BCUT2D eigenvalue weighted by atomic mass is 35.5. The van der Waals surface area contributed by atoms with Crippen molar-refractivity contribution < 1.29 is 9.53 Å². The normalized spacial score (nSPS) is 23.3. The molecular formula is C26H24ClN3O2S. The number of carbonyl (C=O) groups excluding carboxylic acids is 1. The molecule has 2 aliphatic rings. The Bertz CT molecular complexity index is 1270. The van der Waals surface area contributed by atoms with Crippen LogP contribution < -0.4 is 20.3 Å². The predicted octanol–water partition coefficient (Wildman–Crippen LogP) is 5.76. The quantitative estimate of drug-likeness (QED) is 0.470. The maximum Gasteiger partial charge on any atom is 0.236 e. The van der Waals surface area contributed by atoms with E-state index < -0.39 is 17.7 Å². The first-order valence-corrected chi connectivity index (χ1v) is 11.6. The minimum atomic E-state index is -1.06. The van der Waals surface area contributed by atoms with Crippen molar-refractivity contribution in [2.75, 3.05) is 10.2 Å². The van der Waals surface area contributed by atoms with E-state index in [0.717, 1.165) is 28.1 Å². The molecule has 0 spiro atoms. The lowest BCUT2D eigenvalue weighted by molar-refractivity contribution is -0.130. The average Bonchev–Trinajstić information content (AvgIpc) is 2.76. The summed E-state index contributed by atoms with van der Waals surface area (Å²) in [4.78, 5) is 15.8. The van der Waals surface area contributed by atoms with Gasteiger partial charge < -0.3 is 15.4 Å². The Balaban J connectivity index is 1.63. The van der Waals surface area contributed by atoms with E-state index in [-0.39, 0.29) is 5.91 Å². The fourth-order valence-electron chi connectivity index (χ4n) is 4.88. The van der Waals surface area contributed by atoms with Gasteiger partial charge in [0.25, 0.3) is 0 Å². The van der Waals surface area contributed by atoms with Crippen LogP contribution in [0.15, 0.2) is 66.7 Å². The van der Waals surface area contributed by atoms with Gasteiger partial charge in [-0.05, 0) is 75.0 Å². The lowest BCUT2D eigenvalue weighted by atomic mass is 9.78. The molecule has 33 heavy (non-hydrogen) atoms. The molecule has 168 valence electrons. The van der Waals surface area contributed by atoms with Crippen LogP contribution in [0.1, 0.15) is 29.7 Å². The smallest absolute Gasteiger partial charge is 0.236 e. The van der Waals surface area contributed by atoms with Gasteiger partial charge in [0, 0.05) is 22.0 Å². The average molecular weight is 478 g/mol. The van der Waals surface area contributed by atoms with Crippen molar-refractivity contribution in [3.63, 3.8) is 0 Å². The van der Waals surface area contributed by atoms with Gasteiger partial charge >= 0.3 is 0 Å². The highest BCUT2D eigenvalue weighted by Crippen LogP contribution is 2.50. The monoisotopic (exact) mass is 477 g/mol. The number of hydrogen-bond donors (Lipinski definition) is 2. The molecule has 0 aliphatic carbocycles. The highest BCUT2D eigenvalue weighted by molar-refractivity contribution is 7.80. The zero-order chi connectivity index (χ0) is 23.3. The second-order valence-corrected chi connectivity index (χ2v) is 9.55. The summed E-state index contributed by atoms with van der Waals surface area (Å²) in [6, 6.07) is 20.8. The van der Waals surface area contributed by atoms with Crippen LogP contribution in [0.25, 0.3) is 0 Å². The third kappa shape index (κ3) is 3.63. The van der Waals surface area contributed by atoms with Gasteiger partial charge in [0.1, 0.15) is 11.7 Å². The number of anilines is 2. The number of amides is 1. The topological polar surface area (TPSA) is 53.6 Å². The molecule has 3 aromatic carbocycles. The van der Waals surface area contributed by atoms with Crippen LogP contribution >= 0.6 is 23.8 Å². The minimum Gasteiger partial charge on any atom is -0.467 e. The van der Waals surface area contributed by atoms with Gasteiger partial charge in [0.2, 0.25) is 5.91 Å². The number of nitrogens with one attached hydrogen (secondary N) is 2. The Labute approximate surface area is 203 Å². The number of nitrogens with zero attached hydrogens (tertiary/aromatic N) is 1. The van der Waals surface area contributed by atoms with Crippen molar-refractivity contribution in [2.45, 2.75) is 32.5 Å². The molecular weight excluding hydrogens is 454 g/mol. The van der Waals surface area contributed by atoms with Crippen LogP contribution in [0.5, 0.6) is 5.75 Å². The van der Waals surface area contributed by atoms with Crippen molar-refractivity contribution >= 4 is 46.2 Å². The van der Waals surface area contributed by atoms with E-state index in [2.05, 4.69) is 10.6 Å². The summed E-state index contributed by atoms with van der Waals surface area (Å²) in [5.74, 6) is -0.0921. The second-order valence-electron chi connectivity index (χ2n) is 8.72. The van der Waals surface area contributed by atoms with Crippen molar-refractivity contribution in [3.8, 4) is 5.75 Å². The van der Waals surface area contributed by atoms with Crippen LogP contribution in [0, 0.1) is 19.8 Å². The fourth-order valence-corrected chi connectivity index (χ4v) is 5.48. The molecule has 1 saturated heterocycles. The molecule has 2 N–H and O–H groups in total. The largest absolute Gasteiger partial charge is 0.467 e. The summed E-state index contributed by atoms with van der Waals surface area (Å²) in [5.41, 5.74) is 3.52. The van der Waals surface area contributed by atoms with Gasteiger partial charge in [-0.15, -0.1) is 0 Å². The van der Waals surface area contributed by atoms with E-state index in [1.165, 1.54) is 0 Å². The molecule has 2 heterocycles. The molecule has 1 amide bonds. The van der Waals surface area contributed by atoms with Crippen molar-refractivity contribution in [2.24, 2.45) is 5.92 Å². The molecule has 0 aromatic heterocycles. The Morgan fingerprint density at radius 1 is 1.12 bits per heavy atom. The fraction of sp³-hybridized carbons (Fsp3) is 0.231. The van der Waals surface area contributed by atoms with E-state index in [1.54, 1.807) is 6.07 Å². The van der Waals surface area contributed by atoms with Gasteiger partial charge in [-0.1, -0.05) is 47.5 Å². The van der Waals surface area contributed by atoms with E-state index >= 15 is 0 Å². The molecule has 5 rings (SSSR count). The standard InChI is InChI=1S/C26H24ClN3O2S/c1-15-9-11-20(16(2)13-15)28-24(31)22-23-19-14-17(27)10-12-21(19)32-26(22,3)30(25(33)29-23)18-7-5-4-6-8-18/h4-14,22-23H,1-3H3,(H,28,31)(H,29,33)/t22-,23-,26-/m0/s1. The number of para-hydroxylation sites is 1. The van der Waals surface area contributed by atoms with Gasteiger partial charge in [0.15, 0.2) is 10.8 Å². The SMILES string of the molecule is Cc1ccc(NC(=O)[C@@H]2[C@H]3NC(=S)N(c4ccccc4)[C@@]2(C)Oc2ccc(Cl)cc23)c(C)c1. The minimum absolute atomic E-state index is 0.156. The van der Waals surface area contributed by atoms with E-state index in [1.807, 2.05) is 86.3 Å². The first kappa shape index (κ1) is 21.7. The molecule has 5 nitrogen and oxygen atoms in total. The Morgan fingerprint density at radius 2 is 1.88 bits per heavy atom. The van der Waals surface area contributed by atoms with Crippen molar-refractivity contribution in [1.29, 1.82) is 0 Å². The van der Waals surface area contributed by atoms with Gasteiger partial charge in [-0.25, -0.2) is 0 Å². The third-order valence-electron chi connectivity index (χ3n) is 6.40. The molecule has 2 bridgehead atoms. The number of carbonyl (C=O) groups is 1. The second kappa shape index (κ2) is 8.04. The molecule has 2 aliphatic heterocycles. The van der Waals surface area contributed by atoms with Crippen LogP contribution in [0.3, 0.4) is 0 Å². The Kier molecular flexibility index (Phi) is 5.30. The Hall–Kier alpha value is -3.09.